The fourth-order valence-corrected chi connectivity index (χ4v) is 2.28. The highest BCUT2D eigenvalue weighted by molar-refractivity contribution is 5.85. The molecule has 0 aromatic rings. The molecule has 1 aliphatic heterocycles. The molecule has 0 aromatic heterocycles. The predicted molar refractivity (Wildman–Crippen MR) is 82.7 cm³/mol. The molecule has 5 nitrogen and oxygen atoms in total. The minimum Gasteiger partial charge on any atom is -0.349 e. The van der Waals surface area contributed by atoms with Gasteiger partial charge in [0.05, 0.1) is 6.04 Å². The molecule has 20 heavy (non-hydrogen) atoms. The van der Waals surface area contributed by atoms with Crippen molar-refractivity contribution in [3.05, 3.63) is 0 Å². The van der Waals surface area contributed by atoms with Crippen molar-refractivity contribution in [3.8, 4) is 0 Å². The van der Waals surface area contributed by atoms with E-state index in [1.165, 1.54) is 0 Å². The van der Waals surface area contributed by atoms with Crippen LogP contribution >= 0.6 is 12.4 Å². The molecule has 1 fully saturated rings. The molecule has 0 bridgehead atoms. The van der Waals surface area contributed by atoms with Crippen molar-refractivity contribution in [2.24, 2.45) is 17.1 Å². The Morgan fingerprint density at radius 2 is 1.65 bits per heavy atom. The maximum Gasteiger partial charge on any atom is 0.240 e. The summed E-state index contributed by atoms with van der Waals surface area (Å²) in [6.07, 6.45) is 1.47. The van der Waals surface area contributed by atoms with E-state index in [1.807, 2.05) is 20.8 Å². The SMILES string of the molecule is CN(C)C(=O)C1CCN(C(=O)[C@@H](N)C(C)(C)C)CC1.Cl. The van der Waals surface area contributed by atoms with E-state index in [0.29, 0.717) is 13.1 Å². The van der Waals surface area contributed by atoms with Crippen LogP contribution in [0.25, 0.3) is 0 Å². The van der Waals surface area contributed by atoms with Gasteiger partial charge in [-0.1, -0.05) is 20.8 Å². The highest BCUT2D eigenvalue weighted by atomic mass is 35.5. The number of nitrogens with two attached hydrogens (primary N) is 1. The van der Waals surface area contributed by atoms with Crippen LogP contribution in [0.15, 0.2) is 0 Å². The molecule has 0 saturated carbocycles. The van der Waals surface area contributed by atoms with Crippen LogP contribution in [0.3, 0.4) is 0 Å². The molecule has 1 aliphatic rings. The Hall–Kier alpha value is -0.810. The fourth-order valence-electron chi connectivity index (χ4n) is 2.28. The second-order valence-corrected chi connectivity index (χ2v) is 6.68. The molecule has 1 atom stereocenters. The summed E-state index contributed by atoms with van der Waals surface area (Å²) < 4.78 is 0. The molecule has 1 rings (SSSR count). The second-order valence-electron chi connectivity index (χ2n) is 6.68. The summed E-state index contributed by atoms with van der Waals surface area (Å²) in [7, 11) is 3.55. The van der Waals surface area contributed by atoms with Crippen LogP contribution < -0.4 is 5.73 Å². The number of hydrogen-bond acceptors (Lipinski definition) is 3. The first kappa shape index (κ1) is 19.2. The first-order chi connectivity index (χ1) is 8.64. The molecule has 0 aliphatic carbocycles. The van der Waals surface area contributed by atoms with E-state index in [1.54, 1.807) is 23.9 Å². The third-order valence-corrected chi connectivity index (χ3v) is 3.80. The number of amides is 2. The Bertz CT molecular complexity index is 345. The molecular weight excluding hydrogens is 278 g/mol. The normalized spacial score (nSPS) is 18.2. The van der Waals surface area contributed by atoms with Gasteiger partial charge in [-0.05, 0) is 18.3 Å². The Morgan fingerprint density at radius 3 is 2.00 bits per heavy atom. The van der Waals surface area contributed by atoms with Crippen LogP contribution in [0.2, 0.25) is 0 Å². The van der Waals surface area contributed by atoms with Crippen LogP contribution in [0.5, 0.6) is 0 Å². The third kappa shape index (κ3) is 4.63. The topological polar surface area (TPSA) is 66.6 Å². The van der Waals surface area contributed by atoms with Gasteiger partial charge >= 0.3 is 0 Å². The summed E-state index contributed by atoms with van der Waals surface area (Å²) in [6, 6.07) is -0.478. The van der Waals surface area contributed by atoms with Gasteiger partial charge in [0.2, 0.25) is 11.8 Å². The van der Waals surface area contributed by atoms with E-state index >= 15 is 0 Å². The summed E-state index contributed by atoms with van der Waals surface area (Å²) in [5.41, 5.74) is 5.77. The monoisotopic (exact) mass is 305 g/mol. The predicted octanol–water partition coefficient (Wildman–Crippen LogP) is 1.11. The molecular formula is C14H28ClN3O2. The average molecular weight is 306 g/mol. The van der Waals surface area contributed by atoms with Crippen molar-refractivity contribution in [1.82, 2.24) is 9.80 Å². The summed E-state index contributed by atoms with van der Waals surface area (Å²) in [6.45, 7) is 7.17. The number of rotatable bonds is 2. The van der Waals surface area contributed by atoms with Crippen LogP contribution in [0.4, 0.5) is 0 Å². The van der Waals surface area contributed by atoms with Gasteiger partial charge in [-0.25, -0.2) is 0 Å². The summed E-state index contributed by atoms with van der Waals surface area (Å²) in [4.78, 5) is 27.6. The van der Waals surface area contributed by atoms with E-state index in [9.17, 15) is 9.59 Å². The first-order valence-corrected chi connectivity index (χ1v) is 6.90. The fraction of sp³-hybridized carbons (Fsp3) is 0.857. The van der Waals surface area contributed by atoms with Gasteiger partial charge in [-0.3, -0.25) is 9.59 Å². The zero-order valence-electron chi connectivity index (χ0n) is 13.2. The molecule has 6 heteroatoms. The van der Waals surface area contributed by atoms with E-state index in [2.05, 4.69) is 0 Å². The number of nitrogens with zero attached hydrogens (tertiary/aromatic N) is 2. The lowest BCUT2D eigenvalue weighted by atomic mass is 9.85. The van der Waals surface area contributed by atoms with Crippen molar-refractivity contribution in [2.45, 2.75) is 39.7 Å². The Morgan fingerprint density at radius 1 is 1.20 bits per heavy atom. The van der Waals surface area contributed by atoms with E-state index in [4.69, 9.17) is 5.73 Å². The third-order valence-electron chi connectivity index (χ3n) is 3.80. The zero-order chi connectivity index (χ0) is 14.8. The number of carbonyl (C=O) groups is 2. The van der Waals surface area contributed by atoms with Gasteiger partial charge in [0.1, 0.15) is 0 Å². The lowest BCUT2D eigenvalue weighted by Crippen LogP contribution is -2.53. The number of piperidine rings is 1. The summed E-state index contributed by atoms with van der Waals surface area (Å²) in [5, 5.41) is 0. The van der Waals surface area contributed by atoms with Crippen LogP contribution in [-0.2, 0) is 9.59 Å². The largest absolute Gasteiger partial charge is 0.349 e. The van der Waals surface area contributed by atoms with Gasteiger partial charge in [0, 0.05) is 33.1 Å². The minimum absolute atomic E-state index is 0. The molecule has 0 aromatic carbocycles. The Kier molecular flexibility index (Phi) is 6.98. The van der Waals surface area contributed by atoms with Crippen molar-refractivity contribution in [1.29, 1.82) is 0 Å². The summed E-state index contributed by atoms with van der Waals surface area (Å²) >= 11 is 0. The maximum absolute atomic E-state index is 12.3. The number of hydrogen-bond donors (Lipinski definition) is 1. The highest BCUT2D eigenvalue weighted by Gasteiger charge is 2.34. The standard InChI is InChI=1S/C14H27N3O2.ClH/c1-14(2,3)11(15)13(19)17-8-6-10(7-9-17)12(18)16(4)5;/h10-11H,6-9,15H2,1-5H3;1H/t11-;/m1./s1. The van der Waals surface area contributed by atoms with Crippen LogP contribution in [-0.4, -0.2) is 54.8 Å². The van der Waals surface area contributed by atoms with Crippen molar-refractivity contribution >= 4 is 24.2 Å². The highest BCUT2D eigenvalue weighted by Crippen LogP contribution is 2.23. The molecule has 2 amide bonds. The first-order valence-electron chi connectivity index (χ1n) is 6.90. The van der Waals surface area contributed by atoms with E-state index in [0.717, 1.165) is 12.8 Å². The smallest absolute Gasteiger partial charge is 0.240 e. The molecule has 0 radical (unpaired) electrons. The lowest BCUT2D eigenvalue weighted by Gasteiger charge is -2.36. The molecule has 0 spiro atoms. The molecule has 2 N–H and O–H groups in total. The van der Waals surface area contributed by atoms with Crippen molar-refractivity contribution in [2.75, 3.05) is 27.2 Å². The molecule has 118 valence electrons. The van der Waals surface area contributed by atoms with Crippen molar-refractivity contribution in [3.63, 3.8) is 0 Å². The van der Waals surface area contributed by atoms with Gasteiger partial charge in [0.15, 0.2) is 0 Å². The van der Waals surface area contributed by atoms with Gasteiger partial charge in [0.25, 0.3) is 0 Å². The number of halogens is 1. The lowest BCUT2D eigenvalue weighted by molar-refractivity contribution is -0.141. The number of carbonyl (C=O) groups excluding carboxylic acids is 2. The van der Waals surface area contributed by atoms with Gasteiger partial charge < -0.3 is 15.5 Å². The van der Waals surface area contributed by atoms with Crippen molar-refractivity contribution < 1.29 is 9.59 Å². The van der Waals surface area contributed by atoms with Gasteiger partial charge in [-0.2, -0.15) is 0 Å². The van der Waals surface area contributed by atoms with E-state index < -0.39 is 6.04 Å². The summed E-state index contributed by atoms with van der Waals surface area (Å²) in [5.74, 6) is 0.209. The second kappa shape index (κ2) is 7.27. The number of likely N-dealkylation sites (tertiary alicyclic amines) is 1. The van der Waals surface area contributed by atoms with Crippen LogP contribution in [0.1, 0.15) is 33.6 Å². The molecule has 0 unspecified atom stereocenters. The van der Waals surface area contributed by atoms with Gasteiger partial charge in [-0.15, -0.1) is 12.4 Å². The average Bonchev–Trinajstić information content (AvgIpc) is 2.35. The Labute approximate surface area is 128 Å². The maximum atomic E-state index is 12.3. The zero-order valence-corrected chi connectivity index (χ0v) is 14.0. The molecule has 1 heterocycles. The minimum atomic E-state index is -0.478. The quantitative estimate of drug-likeness (QED) is 0.831. The molecule has 1 saturated heterocycles. The van der Waals surface area contributed by atoms with E-state index in [-0.39, 0.29) is 35.6 Å². The van der Waals surface area contributed by atoms with Crippen LogP contribution in [0, 0.1) is 11.3 Å². The Balaban J connectivity index is 0.00000361.